The molecule has 150 valence electrons. The molecule has 0 bridgehead atoms. The summed E-state index contributed by atoms with van der Waals surface area (Å²) in [7, 11) is -3.43. The van der Waals surface area contributed by atoms with Crippen molar-refractivity contribution in [3.05, 3.63) is 57.7 Å². The Balaban J connectivity index is 1.49. The van der Waals surface area contributed by atoms with Crippen molar-refractivity contribution < 1.29 is 17.9 Å². The molecule has 0 aliphatic carbocycles. The molecule has 1 aliphatic rings. The van der Waals surface area contributed by atoms with Crippen LogP contribution in [0.3, 0.4) is 0 Å². The second kappa shape index (κ2) is 9.71. The highest BCUT2D eigenvalue weighted by Gasteiger charge is 2.25. The molecule has 1 N–H and O–H groups in total. The minimum absolute atomic E-state index is 0.142. The summed E-state index contributed by atoms with van der Waals surface area (Å²) in [5, 5.41) is 2.82. The van der Waals surface area contributed by atoms with Crippen molar-refractivity contribution in [1.82, 2.24) is 9.62 Å². The molecule has 1 heterocycles. The van der Waals surface area contributed by atoms with Crippen LogP contribution in [-0.4, -0.2) is 44.9 Å². The van der Waals surface area contributed by atoms with E-state index in [2.05, 4.69) is 27.9 Å². The molecule has 0 aromatic heterocycles. The first kappa shape index (κ1) is 21.1. The van der Waals surface area contributed by atoms with Crippen LogP contribution >= 0.6 is 22.6 Å². The molecule has 1 fully saturated rings. The van der Waals surface area contributed by atoms with E-state index < -0.39 is 10.0 Å². The molecule has 28 heavy (non-hydrogen) atoms. The van der Waals surface area contributed by atoms with Crippen molar-refractivity contribution in [1.29, 1.82) is 0 Å². The number of halogens is 1. The summed E-state index contributed by atoms with van der Waals surface area (Å²) in [6.07, 6.45) is 2.90. The van der Waals surface area contributed by atoms with Crippen molar-refractivity contribution in [3.63, 3.8) is 0 Å². The Bertz CT molecular complexity index is 910. The summed E-state index contributed by atoms with van der Waals surface area (Å²) in [5.74, 6) is 0.428. The summed E-state index contributed by atoms with van der Waals surface area (Å²) in [5.41, 5.74) is 0.635. The molecule has 0 atom stereocenters. The Morgan fingerprint density at radius 1 is 1.04 bits per heavy atom. The Labute approximate surface area is 179 Å². The fourth-order valence-corrected chi connectivity index (χ4v) is 5.19. The minimum Gasteiger partial charge on any atom is -0.492 e. The quantitative estimate of drug-likeness (QED) is 0.455. The largest absolute Gasteiger partial charge is 0.492 e. The zero-order valence-electron chi connectivity index (χ0n) is 15.4. The monoisotopic (exact) mass is 514 g/mol. The van der Waals surface area contributed by atoms with Gasteiger partial charge in [-0.05, 0) is 71.8 Å². The van der Waals surface area contributed by atoms with Gasteiger partial charge in [-0.15, -0.1) is 0 Å². The first-order chi connectivity index (χ1) is 13.5. The zero-order valence-corrected chi connectivity index (χ0v) is 18.4. The molecule has 1 amide bonds. The number of carbonyl (C=O) groups is 1. The maximum atomic E-state index is 12.6. The van der Waals surface area contributed by atoms with Crippen LogP contribution in [0.4, 0.5) is 0 Å². The van der Waals surface area contributed by atoms with Crippen molar-refractivity contribution in [3.8, 4) is 5.75 Å². The van der Waals surface area contributed by atoms with Gasteiger partial charge in [0.1, 0.15) is 12.4 Å². The van der Waals surface area contributed by atoms with E-state index in [1.807, 2.05) is 18.2 Å². The lowest BCUT2D eigenvalue weighted by Gasteiger charge is -2.25. The third-order valence-corrected chi connectivity index (χ3v) is 7.40. The van der Waals surface area contributed by atoms with Gasteiger partial charge in [0, 0.05) is 16.7 Å². The first-order valence-corrected chi connectivity index (χ1v) is 11.8. The van der Waals surface area contributed by atoms with Crippen LogP contribution in [0.25, 0.3) is 0 Å². The van der Waals surface area contributed by atoms with E-state index in [0.29, 0.717) is 37.6 Å². The number of nitrogens with one attached hydrogen (secondary N) is 1. The molecule has 0 radical (unpaired) electrons. The van der Waals surface area contributed by atoms with Gasteiger partial charge in [-0.2, -0.15) is 4.31 Å². The summed E-state index contributed by atoms with van der Waals surface area (Å²) >= 11 is 2.13. The van der Waals surface area contributed by atoms with Crippen LogP contribution < -0.4 is 10.1 Å². The van der Waals surface area contributed by atoms with E-state index in [1.54, 1.807) is 34.6 Å². The molecule has 2 aromatic rings. The number of hydrogen-bond acceptors (Lipinski definition) is 4. The molecule has 1 aliphatic heterocycles. The highest BCUT2D eigenvalue weighted by Crippen LogP contribution is 2.22. The van der Waals surface area contributed by atoms with E-state index in [-0.39, 0.29) is 10.8 Å². The fourth-order valence-electron chi connectivity index (χ4n) is 3.04. The lowest BCUT2D eigenvalue weighted by molar-refractivity contribution is 0.0946. The van der Waals surface area contributed by atoms with Gasteiger partial charge in [-0.1, -0.05) is 18.6 Å². The summed E-state index contributed by atoms with van der Waals surface area (Å²) in [6, 6.07) is 13.8. The molecule has 0 spiro atoms. The number of carbonyl (C=O) groups excluding carboxylic acids is 1. The van der Waals surface area contributed by atoms with Gasteiger partial charge in [0.15, 0.2) is 0 Å². The smallest absolute Gasteiger partial charge is 0.252 e. The van der Waals surface area contributed by atoms with Gasteiger partial charge < -0.3 is 10.1 Å². The number of sulfonamides is 1. The van der Waals surface area contributed by atoms with Gasteiger partial charge in [-0.3, -0.25) is 4.79 Å². The van der Waals surface area contributed by atoms with E-state index >= 15 is 0 Å². The summed E-state index contributed by atoms with van der Waals surface area (Å²) in [6.45, 7) is 1.83. The molecule has 1 saturated heterocycles. The number of nitrogens with zero attached hydrogens (tertiary/aromatic N) is 1. The van der Waals surface area contributed by atoms with Gasteiger partial charge in [0.2, 0.25) is 10.0 Å². The Kier molecular flexibility index (Phi) is 7.30. The molecule has 6 nitrogen and oxygen atoms in total. The standard InChI is InChI=1S/C20H23IN2O4S/c21-19-7-3-2-6-18(19)20(24)22-12-15-27-16-8-10-17(11-9-16)28(25,26)23-13-4-1-5-14-23/h2-3,6-11H,1,4-5,12-15H2,(H,22,24). The van der Waals surface area contributed by atoms with Crippen molar-refractivity contribution in [2.75, 3.05) is 26.2 Å². The van der Waals surface area contributed by atoms with Gasteiger partial charge in [0.25, 0.3) is 5.91 Å². The van der Waals surface area contributed by atoms with Crippen LogP contribution in [0.2, 0.25) is 0 Å². The van der Waals surface area contributed by atoms with Crippen LogP contribution in [0.5, 0.6) is 5.75 Å². The minimum atomic E-state index is -3.43. The van der Waals surface area contributed by atoms with Gasteiger partial charge in [0.05, 0.1) is 17.0 Å². The molecule has 2 aromatic carbocycles. The molecular weight excluding hydrogens is 491 g/mol. The van der Waals surface area contributed by atoms with E-state index in [4.69, 9.17) is 4.74 Å². The molecule has 0 saturated carbocycles. The molecular formula is C20H23IN2O4S. The maximum Gasteiger partial charge on any atom is 0.252 e. The normalized spacial score (nSPS) is 15.2. The van der Waals surface area contributed by atoms with Crippen molar-refractivity contribution in [2.24, 2.45) is 0 Å². The van der Waals surface area contributed by atoms with Crippen LogP contribution in [-0.2, 0) is 10.0 Å². The summed E-state index contributed by atoms with van der Waals surface area (Å²) in [4.78, 5) is 12.4. The lowest BCUT2D eigenvalue weighted by Crippen LogP contribution is -2.35. The van der Waals surface area contributed by atoms with Gasteiger partial charge >= 0.3 is 0 Å². The predicted molar refractivity (Wildman–Crippen MR) is 116 cm³/mol. The maximum absolute atomic E-state index is 12.6. The van der Waals surface area contributed by atoms with Crippen LogP contribution in [0, 0.1) is 3.57 Å². The third-order valence-electron chi connectivity index (χ3n) is 4.55. The number of rotatable bonds is 7. The Morgan fingerprint density at radius 2 is 1.71 bits per heavy atom. The second-order valence-electron chi connectivity index (χ2n) is 6.52. The molecule has 3 rings (SSSR count). The topological polar surface area (TPSA) is 75.7 Å². The summed E-state index contributed by atoms with van der Waals surface area (Å²) < 4.78 is 33.3. The van der Waals surface area contributed by atoms with Crippen LogP contribution in [0.1, 0.15) is 29.6 Å². The lowest BCUT2D eigenvalue weighted by atomic mass is 10.2. The van der Waals surface area contributed by atoms with E-state index in [9.17, 15) is 13.2 Å². The average molecular weight is 514 g/mol. The fraction of sp³-hybridized carbons (Fsp3) is 0.350. The predicted octanol–water partition coefficient (Wildman–Crippen LogP) is 3.27. The van der Waals surface area contributed by atoms with Crippen molar-refractivity contribution >= 4 is 38.5 Å². The van der Waals surface area contributed by atoms with Crippen molar-refractivity contribution in [2.45, 2.75) is 24.2 Å². The highest BCUT2D eigenvalue weighted by molar-refractivity contribution is 14.1. The molecule has 8 heteroatoms. The number of benzene rings is 2. The molecule has 0 unspecified atom stereocenters. The van der Waals surface area contributed by atoms with E-state index in [0.717, 1.165) is 22.8 Å². The number of amides is 1. The van der Waals surface area contributed by atoms with Crippen LogP contribution in [0.15, 0.2) is 53.4 Å². The number of ether oxygens (including phenoxy) is 1. The average Bonchev–Trinajstić information content (AvgIpc) is 2.72. The SMILES string of the molecule is O=C(NCCOc1ccc(S(=O)(=O)N2CCCCC2)cc1)c1ccccc1I. The highest BCUT2D eigenvalue weighted by atomic mass is 127. The third kappa shape index (κ3) is 5.24. The number of piperidine rings is 1. The number of hydrogen-bond donors (Lipinski definition) is 1. The van der Waals surface area contributed by atoms with Gasteiger partial charge in [-0.25, -0.2) is 8.42 Å². The Hall–Kier alpha value is -1.65. The Morgan fingerprint density at radius 3 is 2.39 bits per heavy atom. The zero-order chi connectivity index (χ0) is 20.0. The van der Waals surface area contributed by atoms with E-state index in [1.165, 1.54) is 0 Å². The second-order valence-corrected chi connectivity index (χ2v) is 9.62. The first-order valence-electron chi connectivity index (χ1n) is 9.24.